The molecule has 1 aromatic carbocycles. The van der Waals surface area contributed by atoms with Gasteiger partial charge in [-0.05, 0) is 17.5 Å². The molecule has 1 aromatic heterocycles. The maximum Gasteiger partial charge on any atom is 0.337 e. The van der Waals surface area contributed by atoms with Crippen LogP contribution in [0.4, 0.5) is 0 Å². The van der Waals surface area contributed by atoms with Crippen LogP contribution >= 0.6 is 11.3 Å². The summed E-state index contributed by atoms with van der Waals surface area (Å²) in [5.41, 5.74) is 0.361. The Labute approximate surface area is 90.9 Å². The van der Waals surface area contributed by atoms with Gasteiger partial charge in [0.1, 0.15) is 0 Å². The first-order chi connectivity index (χ1) is 7.22. The van der Waals surface area contributed by atoms with Crippen LogP contribution in [0.25, 0.3) is 10.1 Å². The van der Waals surface area contributed by atoms with E-state index in [9.17, 15) is 4.79 Å². The number of hydrogen-bond acceptors (Lipinski definition) is 3. The maximum atomic E-state index is 11.0. The molecule has 3 nitrogen and oxygen atoms in total. The first kappa shape index (κ1) is 10.1. The second-order valence-corrected chi connectivity index (χ2v) is 4.31. The Balaban J connectivity index is 2.59. The van der Waals surface area contributed by atoms with E-state index in [4.69, 9.17) is 9.84 Å². The van der Waals surface area contributed by atoms with Gasteiger partial charge in [-0.15, -0.1) is 11.3 Å². The third-order valence-electron chi connectivity index (χ3n) is 2.11. The lowest BCUT2D eigenvalue weighted by atomic mass is 10.1. The number of rotatable bonds is 3. The van der Waals surface area contributed by atoms with Gasteiger partial charge in [-0.1, -0.05) is 12.1 Å². The third-order valence-corrected chi connectivity index (χ3v) is 3.27. The van der Waals surface area contributed by atoms with Crippen molar-refractivity contribution in [3.8, 4) is 0 Å². The van der Waals surface area contributed by atoms with Crippen molar-refractivity contribution in [2.75, 3.05) is 7.11 Å². The summed E-state index contributed by atoms with van der Waals surface area (Å²) in [6.07, 6.45) is 0. The first-order valence-electron chi connectivity index (χ1n) is 4.46. The van der Waals surface area contributed by atoms with Crippen LogP contribution < -0.4 is 0 Å². The molecule has 0 spiro atoms. The predicted octanol–water partition coefficient (Wildman–Crippen LogP) is 2.75. The van der Waals surface area contributed by atoms with E-state index in [1.54, 1.807) is 19.2 Å². The van der Waals surface area contributed by atoms with Crippen LogP contribution in [-0.2, 0) is 11.3 Å². The summed E-state index contributed by atoms with van der Waals surface area (Å²) in [7, 11) is 1.63. The summed E-state index contributed by atoms with van der Waals surface area (Å²) < 4.78 is 5.84. The number of carboxylic acids is 1. The molecule has 0 unspecified atom stereocenters. The minimum atomic E-state index is -0.883. The molecular formula is C11H10O3S. The standard InChI is InChI=1S/C11H10O3S/c1-14-6-8-5-7-3-2-4-9(11(12)13)10(7)15-8/h2-5H,6H2,1H3,(H,12,13). The van der Waals surface area contributed by atoms with E-state index in [1.165, 1.54) is 11.3 Å². The molecule has 0 aliphatic heterocycles. The number of ether oxygens (including phenoxy) is 1. The summed E-state index contributed by atoms with van der Waals surface area (Å²) in [4.78, 5) is 12.0. The quantitative estimate of drug-likeness (QED) is 0.868. The Kier molecular flexibility index (Phi) is 2.70. The van der Waals surface area contributed by atoms with Gasteiger partial charge in [-0.25, -0.2) is 4.79 Å². The fourth-order valence-corrected chi connectivity index (χ4v) is 2.63. The van der Waals surface area contributed by atoms with Gasteiger partial charge in [0.2, 0.25) is 0 Å². The fourth-order valence-electron chi connectivity index (χ4n) is 1.50. The highest BCUT2D eigenvalue weighted by Gasteiger charge is 2.10. The molecule has 0 fully saturated rings. The normalized spacial score (nSPS) is 10.7. The SMILES string of the molecule is COCc1cc2cccc(C(=O)O)c2s1. The van der Waals surface area contributed by atoms with E-state index in [-0.39, 0.29) is 0 Å². The molecule has 0 bridgehead atoms. The Hall–Kier alpha value is -1.39. The van der Waals surface area contributed by atoms with Crippen molar-refractivity contribution in [2.45, 2.75) is 6.61 Å². The summed E-state index contributed by atoms with van der Waals surface area (Å²) in [6.45, 7) is 0.526. The van der Waals surface area contributed by atoms with E-state index < -0.39 is 5.97 Å². The number of methoxy groups -OCH3 is 1. The van der Waals surface area contributed by atoms with Gasteiger partial charge < -0.3 is 9.84 Å². The lowest BCUT2D eigenvalue weighted by Crippen LogP contribution is -1.94. The second-order valence-electron chi connectivity index (χ2n) is 3.17. The van der Waals surface area contributed by atoms with E-state index in [2.05, 4.69) is 0 Å². The summed E-state index contributed by atoms with van der Waals surface area (Å²) >= 11 is 1.47. The van der Waals surface area contributed by atoms with Crippen LogP contribution in [0.5, 0.6) is 0 Å². The molecule has 1 N–H and O–H groups in total. The first-order valence-corrected chi connectivity index (χ1v) is 5.27. The third kappa shape index (κ3) is 1.86. The molecule has 0 atom stereocenters. The molecule has 0 aliphatic carbocycles. The Morgan fingerprint density at radius 1 is 1.53 bits per heavy atom. The van der Waals surface area contributed by atoms with Crippen molar-refractivity contribution in [3.05, 3.63) is 34.7 Å². The van der Waals surface area contributed by atoms with Crippen molar-refractivity contribution < 1.29 is 14.6 Å². The maximum absolute atomic E-state index is 11.0. The number of carbonyl (C=O) groups is 1. The lowest BCUT2D eigenvalue weighted by Gasteiger charge is -1.94. The van der Waals surface area contributed by atoms with Crippen molar-refractivity contribution in [2.24, 2.45) is 0 Å². The molecule has 0 radical (unpaired) electrons. The molecule has 0 aliphatic rings. The van der Waals surface area contributed by atoms with E-state index in [1.807, 2.05) is 12.1 Å². The highest BCUT2D eigenvalue weighted by atomic mass is 32.1. The summed E-state index contributed by atoms with van der Waals surface area (Å²) in [5.74, 6) is -0.883. The minimum absolute atomic E-state index is 0.361. The number of fused-ring (bicyclic) bond motifs is 1. The molecule has 0 saturated heterocycles. The van der Waals surface area contributed by atoms with Gasteiger partial charge in [0.25, 0.3) is 0 Å². The number of carboxylic acid groups (broad SMARTS) is 1. The Bertz CT molecular complexity index is 502. The molecule has 78 valence electrons. The zero-order valence-corrected chi connectivity index (χ0v) is 9.00. The van der Waals surface area contributed by atoms with E-state index in [0.717, 1.165) is 15.0 Å². The van der Waals surface area contributed by atoms with Gasteiger partial charge in [-0.2, -0.15) is 0 Å². The molecular weight excluding hydrogens is 212 g/mol. The summed E-state index contributed by atoms with van der Waals surface area (Å²) in [6, 6.07) is 7.26. The van der Waals surface area contributed by atoms with Crippen LogP contribution in [0, 0.1) is 0 Å². The van der Waals surface area contributed by atoms with Crippen molar-refractivity contribution in [1.29, 1.82) is 0 Å². The number of hydrogen-bond donors (Lipinski definition) is 1. The molecule has 4 heteroatoms. The van der Waals surface area contributed by atoms with Gasteiger partial charge >= 0.3 is 5.97 Å². The van der Waals surface area contributed by atoms with Crippen LogP contribution in [0.1, 0.15) is 15.2 Å². The van der Waals surface area contributed by atoms with Gasteiger partial charge in [0.15, 0.2) is 0 Å². The number of aromatic carboxylic acids is 1. The largest absolute Gasteiger partial charge is 0.478 e. The van der Waals surface area contributed by atoms with Gasteiger partial charge in [-0.3, -0.25) is 0 Å². The molecule has 2 rings (SSSR count). The van der Waals surface area contributed by atoms with Crippen molar-refractivity contribution in [1.82, 2.24) is 0 Å². The zero-order chi connectivity index (χ0) is 10.8. The fraction of sp³-hybridized carbons (Fsp3) is 0.182. The molecule has 0 amide bonds. The topological polar surface area (TPSA) is 46.5 Å². The highest BCUT2D eigenvalue weighted by molar-refractivity contribution is 7.19. The molecule has 2 aromatic rings. The molecule has 0 saturated carbocycles. The van der Waals surface area contributed by atoms with Crippen molar-refractivity contribution in [3.63, 3.8) is 0 Å². The van der Waals surface area contributed by atoms with Crippen LogP contribution in [-0.4, -0.2) is 18.2 Å². The minimum Gasteiger partial charge on any atom is -0.478 e. The van der Waals surface area contributed by atoms with Crippen LogP contribution in [0.15, 0.2) is 24.3 Å². The molecule has 1 heterocycles. The zero-order valence-electron chi connectivity index (χ0n) is 8.19. The van der Waals surface area contributed by atoms with Crippen LogP contribution in [0.2, 0.25) is 0 Å². The lowest BCUT2D eigenvalue weighted by molar-refractivity contribution is 0.0699. The smallest absolute Gasteiger partial charge is 0.337 e. The Morgan fingerprint density at radius 2 is 2.33 bits per heavy atom. The number of benzene rings is 1. The van der Waals surface area contributed by atoms with E-state index in [0.29, 0.717) is 12.2 Å². The second kappa shape index (κ2) is 4.00. The molecule has 15 heavy (non-hydrogen) atoms. The van der Waals surface area contributed by atoms with E-state index >= 15 is 0 Å². The average molecular weight is 222 g/mol. The summed E-state index contributed by atoms with van der Waals surface area (Å²) in [5, 5.41) is 9.96. The Morgan fingerprint density at radius 3 is 3.00 bits per heavy atom. The highest BCUT2D eigenvalue weighted by Crippen LogP contribution is 2.29. The predicted molar refractivity (Wildman–Crippen MR) is 59.5 cm³/mol. The average Bonchev–Trinajstić information content (AvgIpc) is 2.59. The number of thiophene rings is 1. The monoisotopic (exact) mass is 222 g/mol. The van der Waals surface area contributed by atoms with Gasteiger partial charge in [0, 0.05) is 16.7 Å². The van der Waals surface area contributed by atoms with Crippen LogP contribution in [0.3, 0.4) is 0 Å². The van der Waals surface area contributed by atoms with Gasteiger partial charge in [0.05, 0.1) is 12.2 Å². The van der Waals surface area contributed by atoms with Crippen molar-refractivity contribution >= 4 is 27.4 Å².